The van der Waals surface area contributed by atoms with Gasteiger partial charge in [0, 0.05) is 36.3 Å². The Labute approximate surface area is 292 Å². The Kier molecular flexibility index (Phi) is 8.85. The first-order valence-electron chi connectivity index (χ1n) is 16.9. The molecule has 0 spiro atoms. The van der Waals surface area contributed by atoms with Gasteiger partial charge in [-0.05, 0) is 105 Å². The molecule has 10 nitrogen and oxygen atoms in total. The molecule has 1 atom stereocenters. The van der Waals surface area contributed by atoms with E-state index >= 15 is 0 Å². The highest BCUT2D eigenvalue weighted by Crippen LogP contribution is 2.44. The van der Waals surface area contributed by atoms with Gasteiger partial charge < -0.3 is 18.9 Å². The van der Waals surface area contributed by atoms with E-state index in [9.17, 15) is 27.2 Å². The summed E-state index contributed by atoms with van der Waals surface area (Å²) < 4.78 is 71.2. The monoisotopic (exact) mass is 706 g/mol. The molecule has 1 aliphatic carbocycles. The summed E-state index contributed by atoms with van der Waals surface area (Å²) >= 11 is 0. The molecule has 3 aliphatic rings. The summed E-state index contributed by atoms with van der Waals surface area (Å²) in [4.78, 5) is 34.3. The van der Waals surface area contributed by atoms with Crippen LogP contribution in [0.5, 0.6) is 0 Å². The number of amides is 2. The van der Waals surface area contributed by atoms with Crippen LogP contribution in [0.4, 0.5) is 28.2 Å². The summed E-state index contributed by atoms with van der Waals surface area (Å²) in [5.41, 5.74) is 0.835. The van der Waals surface area contributed by atoms with Gasteiger partial charge in [-0.1, -0.05) is 6.07 Å². The maximum absolute atomic E-state index is 14.5. The van der Waals surface area contributed by atoms with Crippen LogP contribution in [0.25, 0.3) is 22.5 Å². The van der Waals surface area contributed by atoms with E-state index in [0.717, 1.165) is 25.3 Å². The molecule has 1 saturated heterocycles. The maximum Gasteiger partial charge on any atom is 0.416 e. The van der Waals surface area contributed by atoms with E-state index in [1.54, 1.807) is 49.4 Å². The van der Waals surface area contributed by atoms with Crippen molar-refractivity contribution in [2.24, 2.45) is 7.05 Å². The standard InChI is InChI=1S/C37H38F4N6O4/c1-36(2,3)51-35(49)46-11-5-6-25(46)19-50-18-21-12-28-29(30(13-21)37(39,40)41)17-47(34(28)48)32-15-23(14-31(43-32)22-7-8-22)26-10-9-24(38)16-27(26)33-44-42-20-45(33)4/h9-10,12-16,20,22,25H,5-8,11,17-19H2,1-4H3/t25-/m1/s1. The van der Waals surface area contributed by atoms with Gasteiger partial charge >= 0.3 is 12.3 Å². The number of alkyl halides is 3. The van der Waals surface area contributed by atoms with Crippen LogP contribution in [0.2, 0.25) is 0 Å². The Bertz CT molecular complexity index is 2000. The van der Waals surface area contributed by atoms with Crippen LogP contribution >= 0.6 is 0 Å². The molecular formula is C37H38F4N6O4. The minimum Gasteiger partial charge on any atom is -0.444 e. The number of pyridine rings is 1. The highest BCUT2D eigenvalue weighted by Gasteiger charge is 2.41. The average molecular weight is 707 g/mol. The molecule has 1 saturated carbocycles. The van der Waals surface area contributed by atoms with E-state index in [0.29, 0.717) is 41.2 Å². The molecule has 0 bridgehead atoms. The molecule has 2 aliphatic heterocycles. The number of hydrogen-bond donors (Lipinski definition) is 0. The number of aromatic nitrogens is 4. The van der Waals surface area contributed by atoms with Crippen molar-refractivity contribution >= 4 is 17.8 Å². The van der Waals surface area contributed by atoms with Crippen LogP contribution in [0.1, 0.15) is 85.1 Å². The molecule has 2 aromatic carbocycles. The Morgan fingerprint density at radius 1 is 1.00 bits per heavy atom. The predicted octanol–water partition coefficient (Wildman–Crippen LogP) is 7.66. The van der Waals surface area contributed by atoms with E-state index < -0.39 is 35.2 Å². The van der Waals surface area contributed by atoms with Crippen molar-refractivity contribution in [2.75, 3.05) is 18.1 Å². The van der Waals surface area contributed by atoms with Crippen molar-refractivity contribution in [2.45, 2.75) is 83.3 Å². The van der Waals surface area contributed by atoms with E-state index in [1.165, 1.54) is 29.4 Å². The summed E-state index contributed by atoms with van der Waals surface area (Å²) in [6.45, 7) is 5.45. The van der Waals surface area contributed by atoms with Crippen LogP contribution in [-0.2, 0) is 35.8 Å². The van der Waals surface area contributed by atoms with Gasteiger partial charge in [-0.3, -0.25) is 9.69 Å². The molecule has 268 valence electrons. The van der Waals surface area contributed by atoms with E-state index in [-0.39, 0.29) is 54.2 Å². The second-order valence-corrected chi connectivity index (χ2v) is 14.4. The highest BCUT2D eigenvalue weighted by molar-refractivity contribution is 6.10. The van der Waals surface area contributed by atoms with Gasteiger partial charge in [-0.2, -0.15) is 13.2 Å². The van der Waals surface area contributed by atoms with E-state index in [1.807, 2.05) is 6.07 Å². The molecule has 14 heteroatoms. The van der Waals surface area contributed by atoms with Crippen molar-refractivity contribution in [1.29, 1.82) is 0 Å². The van der Waals surface area contributed by atoms with Crippen molar-refractivity contribution in [3.63, 3.8) is 0 Å². The first-order chi connectivity index (χ1) is 24.2. The lowest BCUT2D eigenvalue weighted by Gasteiger charge is -2.28. The van der Waals surface area contributed by atoms with Gasteiger partial charge in [0.2, 0.25) is 0 Å². The molecule has 0 unspecified atom stereocenters. The second-order valence-electron chi connectivity index (χ2n) is 14.4. The molecule has 4 heterocycles. The third-order valence-corrected chi connectivity index (χ3v) is 9.34. The summed E-state index contributed by atoms with van der Waals surface area (Å²) in [6.07, 6.45) is -0.468. The lowest BCUT2D eigenvalue weighted by Crippen LogP contribution is -2.41. The summed E-state index contributed by atoms with van der Waals surface area (Å²) in [5.74, 6) is -0.304. The first-order valence-corrected chi connectivity index (χ1v) is 16.9. The summed E-state index contributed by atoms with van der Waals surface area (Å²) in [6, 6.07) is 10.0. The molecule has 51 heavy (non-hydrogen) atoms. The first kappa shape index (κ1) is 34.6. The topological polar surface area (TPSA) is 103 Å². The smallest absolute Gasteiger partial charge is 0.416 e. The number of likely N-dealkylation sites (tertiary alicyclic amines) is 1. The lowest BCUT2D eigenvalue weighted by atomic mass is 9.98. The van der Waals surface area contributed by atoms with Crippen LogP contribution in [-0.4, -0.2) is 61.4 Å². The third kappa shape index (κ3) is 7.19. The quantitative estimate of drug-likeness (QED) is 0.174. The number of anilines is 1. The van der Waals surface area contributed by atoms with E-state index in [4.69, 9.17) is 14.5 Å². The molecule has 2 aromatic heterocycles. The van der Waals surface area contributed by atoms with Crippen molar-refractivity contribution in [3.05, 3.63) is 82.6 Å². The van der Waals surface area contributed by atoms with Crippen LogP contribution in [0.3, 0.4) is 0 Å². The Morgan fingerprint density at radius 2 is 1.78 bits per heavy atom. The lowest BCUT2D eigenvalue weighted by molar-refractivity contribution is -0.138. The summed E-state index contributed by atoms with van der Waals surface area (Å²) in [7, 11) is 1.74. The second kappa shape index (κ2) is 13.0. The van der Waals surface area contributed by atoms with Gasteiger partial charge in [0.25, 0.3) is 5.91 Å². The molecule has 0 N–H and O–H groups in total. The number of nitrogens with zero attached hydrogens (tertiary/aromatic N) is 6. The summed E-state index contributed by atoms with van der Waals surface area (Å²) in [5, 5.41) is 8.09. The van der Waals surface area contributed by atoms with Gasteiger partial charge in [-0.25, -0.2) is 14.2 Å². The van der Waals surface area contributed by atoms with Crippen molar-refractivity contribution < 1.29 is 36.6 Å². The number of rotatable bonds is 8. The largest absolute Gasteiger partial charge is 0.444 e. The molecule has 4 aromatic rings. The fourth-order valence-electron chi connectivity index (χ4n) is 6.77. The van der Waals surface area contributed by atoms with Gasteiger partial charge in [0.05, 0.1) is 31.4 Å². The normalized spacial score (nSPS) is 17.7. The van der Waals surface area contributed by atoms with Crippen molar-refractivity contribution in [1.82, 2.24) is 24.6 Å². The fourth-order valence-corrected chi connectivity index (χ4v) is 6.77. The van der Waals surface area contributed by atoms with Gasteiger partial charge in [0.1, 0.15) is 23.6 Å². The SMILES string of the molecule is Cn1cnnc1-c1cc(F)ccc1-c1cc(C2CC2)nc(N2Cc3c(cc(COC[C@H]4CCCN4C(=O)OC(C)(C)C)cc3C(F)(F)F)C2=O)c1. The maximum atomic E-state index is 14.5. The highest BCUT2D eigenvalue weighted by atomic mass is 19.4. The number of halogens is 4. The molecule has 2 fully saturated rings. The number of benzene rings is 2. The fraction of sp³-hybridized carbons (Fsp3) is 0.432. The zero-order valence-corrected chi connectivity index (χ0v) is 28.8. The molecular weight excluding hydrogens is 668 g/mol. The number of ether oxygens (including phenoxy) is 2. The average Bonchev–Trinajstić information content (AvgIpc) is 3.50. The Balaban J connectivity index is 1.17. The Hall–Kier alpha value is -4.85. The van der Waals surface area contributed by atoms with Gasteiger partial charge in [0.15, 0.2) is 5.82 Å². The molecule has 0 radical (unpaired) electrons. The molecule has 7 rings (SSSR count). The zero-order chi connectivity index (χ0) is 36.2. The number of aryl methyl sites for hydroxylation is 1. The molecule has 2 amide bonds. The van der Waals surface area contributed by atoms with Crippen LogP contribution < -0.4 is 4.90 Å². The van der Waals surface area contributed by atoms with Gasteiger partial charge in [-0.15, -0.1) is 10.2 Å². The number of carbonyl (C=O) groups is 2. The van der Waals surface area contributed by atoms with E-state index in [2.05, 4.69) is 10.2 Å². The van der Waals surface area contributed by atoms with Crippen LogP contribution in [0.15, 0.2) is 48.8 Å². The Morgan fingerprint density at radius 3 is 2.47 bits per heavy atom. The number of fused-ring (bicyclic) bond motifs is 1. The van der Waals surface area contributed by atoms with Crippen molar-refractivity contribution in [3.8, 4) is 22.5 Å². The number of carbonyl (C=O) groups excluding carboxylic acids is 2. The minimum absolute atomic E-state index is 0.0681. The van der Waals surface area contributed by atoms with Crippen LogP contribution in [0, 0.1) is 5.82 Å². The zero-order valence-electron chi connectivity index (χ0n) is 28.8. The predicted molar refractivity (Wildman–Crippen MR) is 179 cm³/mol. The third-order valence-electron chi connectivity index (χ3n) is 9.34. The number of hydrogen-bond acceptors (Lipinski definition) is 7. The minimum atomic E-state index is -4.73.